The molecule has 0 atom stereocenters. The van der Waals surface area contributed by atoms with Crippen molar-refractivity contribution in [2.75, 3.05) is 26.2 Å². The van der Waals surface area contributed by atoms with Crippen LogP contribution in [0.5, 0.6) is 0 Å². The molecule has 1 saturated carbocycles. The first-order valence-electron chi connectivity index (χ1n) is 5.89. The number of rotatable bonds is 3. The highest BCUT2D eigenvalue weighted by Crippen LogP contribution is 2.44. The molecule has 1 saturated heterocycles. The van der Waals surface area contributed by atoms with E-state index in [1.807, 2.05) is 4.90 Å². The molecule has 2 amide bonds. The van der Waals surface area contributed by atoms with E-state index in [4.69, 9.17) is 5.11 Å². The van der Waals surface area contributed by atoms with E-state index in [1.54, 1.807) is 0 Å². The Morgan fingerprint density at radius 1 is 1.27 bits per heavy atom. The number of piperidine rings is 1. The Kier molecular flexibility index (Phi) is 3.14. The second-order valence-electron chi connectivity index (χ2n) is 4.86. The molecule has 2 rings (SSSR count). The molecule has 2 aliphatic rings. The van der Waals surface area contributed by atoms with Crippen LogP contribution in [-0.4, -0.2) is 42.3 Å². The van der Waals surface area contributed by atoms with Gasteiger partial charge in [-0.25, -0.2) is 4.79 Å². The number of carbonyl (C=O) groups is 1. The van der Waals surface area contributed by atoms with E-state index in [-0.39, 0.29) is 18.1 Å². The average Bonchev–Trinajstić information content (AvgIpc) is 3.08. The predicted molar refractivity (Wildman–Crippen MR) is 57.6 cm³/mol. The van der Waals surface area contributed by atoms with Crippen LogP contribution in [0, 0.1) is 5.41 Å². The van der Waals surface area contributed by atoms with E-state index < -0.39 is 0 Å². The molecule has 0 aromatic carbocycles. The first-order chi connectivity index (χ1) is 7.26. The van der Waals surface area contributed by atoms with Gasteiger partial charge in [0.25, 0.3) is 0 Å². The Balaban J connectivity index is 1.72. The largest absolute Gasteiger partial charge is 0.396 e. The summed E-state index contributed by atoms with van der Waals surface area (Å²) in [4.78, 5) is 13.6. The van der Waals surface area contributed by atoms with Crippen LogP contribution in [0.2, 0.25) is 0 Å². The van der Waals surface area contributed by atoms with Crippen molar-refractivity contribution in [1.82, 2.24) is 10.2 Å². The molecule has 86 valence electrons. The Morgan fingerprint density at radius 2 is 1.93 bits per heavy atom. The number of amides is 2. The number of nitrogens with zero attached hydrogens (tertiary/aromatic N) is 1. The van der Waals surface area contributed by atoms with E-state index in [1.165, 1.54) is 6.42 Å². The molecule has 4 heteroatoms. The maximum absolute atomic E-state index is 11.7. The molecule has 2 N–H and O–H groups in total. The normalized spacial score (nSPS) is 23.7. The number of hydrogen-bond donors (Lipinski definition) is 2. The number of hydrogen-bond acceptors (Lipinski definition) is 2. The first-order valence-corrected chi connectivity index (χ1v) is 5.89. The molecule has 1 aliphatic carbocycles. The molecular weight excluding hydrogens is 192 g/mol. The van der Waals surface area contributed by atoms with Gasteiger partial charge in [-0.3, -0.25) is 0 Å². The maximum Gasteiger partial charge on any atom is 0.317 e. The lowest BCUT2D eigenvalue weighted by Gasteiger charge is -2.27. The molecule has 1 heterocycles. The zero-order chi connectivity index (χ0) is 10.7. The summed E-state index contributed by atoms with van der Waals surface area (Å²) in [5.74, 6) is 0. The lowest BCUT2D eigenvalue weighted by Crippen LogP contribution is -2.44. The Labute approximate surface area is 90.6 Å². The summed E-state index contributed by atoms with van der Waals surface area (Å²) in [5, 5.41) is 12.0. The highest BCUT2D eigenvalue weighted by atomic mass is 16.3. The van der Waals surface area contributed by atoms with Gasteiger partial charge in [-0.15, -0.1) is 0 Å². The second kappa shape index (κ2) is 4.39. The fourth-order valence-electron chi connectivity index (χ4n) is 2.04. The van der Waals surface area contributed by atoms with Gasteiger partial charge in [-0.1, -0.05) is 0 Å². The van der Waals surface area contributed by atoms with Gasteiger partial charge < -0.3 is 15.3 Å². The Hall–Kier alpha value is -0.770. The zero-order valence-electron chi connectivity index (χ0n) is 9.17. The van der Waals surface area contributed by atoms with Crippen molar-refractivity contribution in [3.8, 4) is 0 Å². The Morgan fingerprint density at radius 3 is 2.47 bits per heavy atom. The minimum absolute atomic E-state index is 0.0193. The van der Waals surface area contributed by atoms with Crippen molar-refractivity contribution in [2.24, 2.45) is 5.41 Å². The third-order valence-corrected chi connectivity index (χ3v) is 3.55. The minimum Gasteiger partial charge on any atom is -0.396 e. The highest BCUT2D eigenvalue weighted by molar-refractivity contribution is 5.74. The van der Waals surface area contributed by atoms with Crippen molar-refractivity contribution < 1.29 is 9.90 Å². The van der Waals surface area contributed by atoms with Gasteiger partial charge >= 0.3 is 6.03 Å². The third-order valence-electron chi connectivity index (χ3n) is 3.55. The minimum atomic E-state index is 0.0193. The number of aliphatic hydroxyl groups is 1. The smallest absolute Gasteiger partial charge is 0.317 e. The van der Waals surface area contributed by atoms with Gasteiger partial charge in [-0.2, -0.15) is 0 Å². The van der Waals surface area contributed by atoms with Crippen LogP contribution in [0.1, 0.15) is 32.1 Å². The molecule has 2 fully saturated rings. The Bertz CT molecular complexity index is 233. The van der Waals surface area contributed by atoms with Crippen molar-refractivity contribution in [2.45, 2.75) is 32.1 Å². The van der Waals surface area contributed by atoms with Crippen LogP contribution in [-0.2, 0) is 0 Å². The molecule has 0 radical (unpaired) electrons. The van der Waals surface area contributed by atoms with Crippen LogP contribution in [0.3, 0.4) is 0 Å². The fraction of sp³-hybridized carbons (Fsp3) is 0.909. The number of nitrogens with one attached hydrogen (secondary N) is 1. The summed E-state index contributed by atoms with van der Waals surface area (Å²) in [7, 11) is 0. The van der Waals surface area contributed by atoms with E-state index in [2.05, 4.69) is 5.32 Å². The third kappa shape index (κ3) is 2.62. The summed E-state index contributed by atoms with van der Waals surface area (Å²) >= 11 is 0. The van der Waals surface area contributed by atoms with Gasteiger partial charge in [0.15, 0.2) is 0 Å². The number of likely N-dealkylation sites (tertiary alicyclic amines) is 1. The first kappa shape index (κ1) is 10.7. The molecule has 0 aromatic rings. The van der Waals surface area contributed by atoms with Crippen LogP contribution >= 0.6 is 0 Å². The van der Waals surface area contributed by atoms with Crippen LogP contribution in [0.15, 0.2) is 0 Å². The summed E-state index contributed by atoms with van der Waals surface area (Å²) < 4.78 is 0. The number of carbonyl (C=O) groups excluding carboxylic acids is 1. The molecule has 4 nitrogen and oxygen atoms in total. The highest BCUT2D eigenvalue weighted by Gasteiger charge is 2.42. The molecule has 0 aromatic heterocycles. The zero-order valence-corrected chi connectivity index (χ0v) is 9.17. The molecular formula is C11H20N2O2. The summed E-state index contributed by atoms with van der Waals surface area (Å²) in [6.45, 7) is 2.61. The van der Waals surface area contributed by atoms with Gasteiger partial charge in [0.1, 0.15) is 0 Å². The average molecular weight is 212 g/mol. The fourth-order valence-corrected chi connectivity index (χ4v) is 2.04. The summed E-state index contributed by atoms with van der Waals surface area (Å²) in [6, 6.07) is 0.0504. The van der Waals surface area contributed by atoms with E-state index in [0.717, 1.165) is 38.8 Å². The standard InChI is InChI=1S/C11H20N2O2/c14-9-11(4-5-11)8-12-10(15)13-6-2-1-3-7-13/h14H,1-9H2,(H,12,15). The van der Waals surface area contributed by atoms with E-state index in [9.17, 15) is 4.79 Å². The SMILES string of the molecule is O=C(NCC1(CO)CC1)N1CCCCC1. The number of aliphatic hydroxyl groups excluding tert-OH is 1. The van der Waals surface area contributed by atoms with Gasteiger partial charge in [0.2, 0.25) is 0 Å². The molecule has 0 spiro atoms. The van der Waals surface area contributed by atoms with Crippen LogP contribution in [0.25, 0.3) is 0 Å². The topological polar surface area (TPSA) is 52.6 Å². The van der Waals surface area contributed by atoms with E-state index >= 15 is 0 Å². The quantitative estimate of drug-likeness (QED) is 0.732. The molecule has 15 heavy (non-hydrogen) atoms. The van der Waals surface area contributed by atoms with Gasteiger partial charge in [0.05, 0.1) is 6.61 Å². The summed E-state index contributed by atoms with van der Waals surface area (Å²) in [5.41, 5.74) is 0.0193. The monoisotopic (exact) mass is 212 g/mol. The van der Waals surface area contributed by atoms with Crippen molar-refractivity contribution in [3.05, 3.63) is 0 Å². The van der Waals surface area contributed by atoms with Gasteiger partial charge in [0, 0.05) is 25.0 Å². The molecule has 0 bridgehead atoms. The van der Waals surface area contributed by atoms with Crippen molar-refractivity contribution in [1.29, 1.82) is 0 Å². The van der Waals surface area contributed by atoms with Crippen LogP contribution < -0.4 is 5.32 Å². The van der Waals surface area contributed by atoms with Gasteiger partial charge in [-0.05, 0) is 32.1 Å². The lowest BCUT2D eigenvalue weighted by atomic mass is 10.1. The predicted octanol–water partition coefficient (Wildman–Crippen LogP) is 0.954. The maximum atomic E-state index is 11.7. The lowest BCUT2D eigenvalue weighted by molar-refractivity contribution is 0.174. The number of urea groups is 1. The van der Waals surface area contributed by atoms with E-state index in [0.29, 0.717) is 6.54 Å². The second-order valence-corrected chi connectivity index (χ2v) is 4.86. The summed E-state index contributed by atoms with van der Waals surface area (Å²) in [6.07, 6.45) is 5.58. The molecule has 1 aliphatic heterocycles. The van der Waals surface area contributed by atoms with Crippen molar-refractivity contribution in [3.63, 3.8) is 0 Å². The van der Waals surface area contributed by atoms with Crippen molar-refractivity contribution >= 4 is 6.03 Å². The van der Waals surface area contributed by atoms with Crippen LogP contribution in [0.4, 0.5) is 4.79 Å². The molecule has 0 unspecified atom stereocenters.